The predicted octanol–water partition coefficient (Wildman–Crippen LogP) is 2.28. The molecular weight excluding hydrogens is 238 g/mol. The Morgan fingerprint density at radius 2 is 2.11 bits per heavy atom. The van der Waals surface area contributed by atoms with Crippen molar-refractivity contribution < 1.29 is 0 Å². The fourth-order valence-electron chi connectivity index (χ4n) is 2.10. The number of pyridine rings is 1. The molecule has 96 valence electrons. The van der Waals surface area contributed by atoms with E-state index in [-0.39, 0.29) is 0 Å². The van der Waals surface area contributed by atoms with Crippen molar-refractivity contribution in [1.29, 1.82) is 0 Å². The van der Waals surface area contributed by atoms with Crippen LogP contribution in [0.1, 0.15) is 11.5 Å². The molecule has 0 aliphatic carbocycles. The van der Waals surface area contributed by atoms with Crippen LogP contribution in [0.2, 0.25) is 0 Å². The molecule has 2 aromatic heterocycles. The Morgan fingerprint density at radius 3 is 2.89 bits per heavy atom. The predicted molar refractivity (Wildman–Crippen MR) is 74.8 cm³/mol. The number of benzene rings is 1. The van der Waals surface area contributed by atoms with Crippen LogP contribution in [-0.4, -0.2) is 19.7 Å². The summed E-state index contributed by atoms with van der Waals surface area (Å²) in [6.07, 6.45) is 1.70. The number of para-hydroxylation sites is 1. The smallest absolute Gasteiger partial charge is 0.151 e. The monoisotopic (exact) mass is 253 g/mol. The molecule has 0 spiro atoms. The first-order valence-electron chi connectivity index (χ1n) is 6.17. The molecule has 0 aliphatic heterocycles. The maximum Gasteiger partial charge on any atom is 0.151 e. The molecule has 3 rings (SSSR count). The van der Waals surface area contributed by atoms with Crippen LogP contribution in [-0.2, 0) is 13.6 Å². The zero-order chi connectivity index (χ0) is 13.2. The van der Waals surface area contributed by atoms with Gasteiger partial charge < -0.3 is 9.88 Å². The topological polar surface area (TPSA) is 55.6 Å². The van der Waals surface area contributed by atoms with E-state index in [1.165, 1.54) is 0 Å². The summed E-state index contributed by atoms with van der Waals surface area (Å²) in [7, 11) is 1.94. The number of nitrogens with zero attached hydrogens (tertiary/aromatic N) is 4. The quantitative estimate of drug-likeness (QED) is 0.778. The number of nitrogens with one attached hydrogen (secondary N) is 1. The minimum Gasteiger partial charge on any atom is -0.377 e. The minimum atomic E-state index is 0.643. The molecule has 3 aromatic rings. The summed E-state index contributed by atoms with van der Waals surface area (Å²) in [5.74, 6) is 0.901. The molecule has 0 fully saturated rings. The second kappa shape index (κ2) is 4.68. The zero-order valence-electron chi connectivity index (χ0n) is 11.0. The fourth-order valence-corrected chi connectivity index (χ4v) is 2.10. The highest BCUT2D eigenvalue weighted by Crippen LogP contribution is 2.23. The van der Waals surface area contributed by atoms with Crippen LogP contribution in [0.25, 0.3) is 10.9 Å². The van der Waals surface area contributed by atoms with Gasteiger partial charge >= 0.3 is 0 Å². The average molecular weight is 253 g/mol. The molecule has 0 aliphatic rings. The van der Waals surface area contributed by atoms with Gasteiger partial charge in [0, 0.05) is 23.8 Å². The highest BCUT2D eigenvalue weighted by Gasteiger charge is 2.05. The van der Waals surface area contributed by atoms with Crippen LogP contribution in [0, 0.1) is 6.92 Å². The van der Waals surface area contributed by atoms with Gasteiger partial charge in [0.2, 0.25) is 0 Å². The van der Waals surface area contributed by atoms with E-state index in [1.54, 1.807) is 6.33 Å². The van der Waals surface area contributed by atoms with Crippen LogP contribution < -0.4 is 5.32 Å². The first-order valence-corrected chi connectivity index (χ1v) is 6.17. The Bertz CT molecular complexity index is 717. The zero-order valence-corrected chi connectivity index (χ0v) is 11.0. The van der Waals surface area contributed by atoms with Crippen molar-refractivity contribution in [1.82, 2.24) is 19.7 Å². The van der Waals surface area contributed by atoms with Crippen molar-refractivity contribution in [2.45, 2.75) is 13.5 Å². The van der Waals surface area contributed by atoms with Crippen molar-refractivity contribution in [3.05, 3.63) is 48.2 Å². The third-order valence-corrected chi connectivity index (χ3v) is 3.09. The van der Waals surface area contributed by atoms with Crippen LogP contribution in [0.15, 0.2) is 36.7 Å². The maximum absolute atomic E-state index is 4.53. The van der Waals surface area contributed by atoms with Crippen LogP contribution in [0.4, 0.5) is 5.69 Å². The summed E-state index contributed by atoms with van der Waals surface area (Å²) in [5, 5.41) is 12.5. The number of fused-ring (bicyclic) bond motifs is 1. The molecule has 0 saturated heterocycles. The number of rotatable bonds is 3. The summed E-state index contributed by atoms with van der Waals surface area (Å²) in [5.41, 5.74) is 3.08. The molecule has 2 heterocycles. The summed E-state index contributed by atoms with van der Waals surface area (Å²) < 4.78 is 1.91. The van der Waals surface area contributed by atoms with Crippen LogP contribution in [0.5, 0.6) is 0 Å². The van der Waals surface area contributed by atoms with Gasteiger partial charge in [0.05, 0.1) is 12.1 Å². The molecule has 1 N–H and O–H groups in total. The fraction of sp³-hybridized carbons (Fsp3) is 0.214. The van der Waals surface area contributed by atoms with E-state index < -0.39 is 0 Å². The van der Waals surface area contributed by atoms with Gasteiger partial charge in [-0.25, -0.2) is 0 Å². The first-order chi connectivity index (χ1) is 9.24. The van der Waals surface area contributed by atoms with E-state index in [4.69, 9.17) is 0 Å². The van der Waals surface area contributed by atoms with Crippen molar-refractivity contribution in [2.24, 2.45) is 7.05 Å². The van der Waals surface area contributed by atoms with Crippen molar-refractivity contribution in [2.75, 3.05) is 5.32 Å². The third kappa shape index (κ3) is 2.27. The lowest BCUT2D eigenvalue weighted by atomic mass is 10.1. The molecular formula is C14H15N5. The normalized spacial score (nSPS) is 10.8. The van der Waals surface area contributed by atoms with Gasteiger partial charge in [0.1, 0.15) is 6.33 Å². The van der Waals surface area contributed by atoms with Gasteiger partial charge in [-0.15, -0.1) is 10.2 Å². The Kier molecular flexibility index (Phi) is 2.87. The average Bonchev–Trinajstić information content (AvgIpc) is 2.81. The molecule has 0 bridgehead atoms. The number of hydrogen-bond donors (Lipinski definition) is 1. The third-order valence-electron chi connectivity index (χ3n) is 3.09. The molecule has 0 radical (unpaired) electrons. The number of hydrogen-bond acceptors (Lipinski definition) is 4. The summed E-state index contributed by atoms with van der Waals surface area (Å²) in [6, 6.07) is 10.2. The lowest BCUT2D eigenvalue weighted by Gasteiger charge is -2.10. The SMILES string of the molecule is Cc1cc(NCc2nncn2C)c2ccccc2n1. The molecule has 19 heavy (non-hydrogen) atoms. The first kappa shape index (κ1) is 11.6. The second-order valence-corrected chi connectivity index (χ2v) is 4.54. The van der Waals surface area contributed by atoms with E-state index in [9.17, 15) is 0 Å². The molecule has 0 saturated carbocycles. The van der Waals surface area contributed by atoms with Crippen molar-refractivity contribution in [3.63, 3.8) is 0 Å². The van der Waals surface area contributed by atoms with E-state index >= 15 is 0 Å². The van der Waals surface area contributed by atoms with Gasteiger partial charge in [0.15, 0.2) is 5.82 Å². The lowest BCUT2D eigenvalue weighted by molar-refractivity contribution is 0.812. The number of aryl methyl sites for hydroxylation is 2. The van der Waals surface area contributed by atoms with Crippen LogP contribution in [0.3, 0.4) is 0 Å². The highest BCUT2D eigenvalue weighted by atomic mass is 15.3. The lowest BCUT2D eigenvalue weighted by Crippen LogP contribution is -2.06. The van der Waals surface area contributed by atoms with Crippen molar-refractivity contribution >= 4 is 16.6 Å². The molecule has 5 nitrogen and oxygen atoms in total. The summed E-state index contributed by atoms with van der Waals surface area (Å²) in [6.45, 7) is 2.64. The Labute approximate surface area is 111 Å². The van der Waals surface area contributed by atoms with E-state index in [0.717, 1.165) is 28.1 Å². The van der Waals surface area contributed by atoms with E-state index in [2.05, 4.69) is 32.6 Å². The molecule has 0 amide bonds. The summed E-state index contributed by atoms with van der Waals surface area (Å²) in [4.78, 5) is 4.53. The van der Waals surface area contributed by atoms with Gasteiger partial charge in [-0.1, -0.05) is 18.2 Å². The van der Waals surface area contributed by atoms with E-state index in [0.29, 0.717) is 6.54 Å². The van der Waals surface area contributed by atoms with Gasteiger partial charge in [-0.05, 0) is 19.1 Å². The minimum absolute atomic E-state index is 0.643. The summed E-state index contributed by atoms with van der Waals surface area (Å²) >= 11 is 0. The Hall–Kier alpha value is -2.43. The largest absolute Gasteiger partial charge is 0.377 e. The number of aromatic nitrogens is 4. The molecule has 0 atom stereocenters. The molecule has 1 aromatic carbocycles. The second-order valence-electron chi connectivity index (χ2n) is 4.54. The molecule has 5 heteroatoms. The Balaban J connectivity index is 1.94. The highest BCUT2D eigenvalue weighted by molar-refractivity contribution is 5.91. The van der Waals surface area contributed by atoms with Gasteiger partial charge in [-0.2, -0.15) is 0 Å². The molecule has 0 unspecified atom stereocenters. The van der Waals surface area contributed by atoms with Crippen molar-refractivity contribution in [3.8, 4) is 0 Å². The van der Waals surface area contributed by atoms with Crippen LogP contribution >= 0.6 is 0 Å². The van der Waals surface area contributed by atoms with Gasteiger partial charge in [-0.3, -0.25) is 4.98 Å². The maximum atomic E-state index is 4.53. The van der Waals surface area contributed by atoms with Gasteiger partial charge in [0.25, 0.3) is 0 Å². The standard InChI is InChI=1S/C14H15N5/c1-10-7-13(11-5-3-4-6-12(11)17-10)15-8-14-18-16-9-19(14)2/h3-7,9H,8H2,1-2H3,(H,15,17). The Morgan fingerprint density at radius 1 is 1.26 bits per heavy atom. The number of anilines is 1. The van der Waals surface area contributed by atoms with E-state index in [1.807, 2.05) is 36.7 Å².